The summed E-state index contributed by atoms with van der Waals surface area (Å²) in [7, 11) is 1.78. The van der Waals surface area contributed by atoms with Gasteiger partial charge in [-0.25, -0.2) is 0 Å². The highest BCUT2D eigenvalue weighted by Gasteiger charge is 2.41. The molecule has 2 aliphatic carbocycles. The zero-order valence-electron chi connectivity index (χ0n) is 5.50. The molecule has 0 aromatic carbocycles. The number of hydrogen-bond acceptors (Lipinski definition) is 1. The fourth-order valence-electron chi connectivity index (χ4n) is 1.54. The molecular formula is C8H10O. The molecule has 0 saturated heterocycles. The quantitative estimate of drug-likeness (QED) is 0.479. The highest BCUT2D eigenvalue weighted by molar-refractivity contribution is 5.33. The van der Waals surface area contributed by atoms with Crippen LogP contribution in [0.25, 0.3) is 0 Å². The van der Waals surface area contributed by atoms with Crippen molar-refractivity contribution in [1.29, 1.82) is 0 Å². The molecule has 48 valence electrons. The second kappa shape index (κ2) is 1.48. The molecular weight excluding hydrogens is 112 g/mol. The minimum Gasteiger partial charge on any atom is -0.373 e. The average molecular weight is 122 g/mol. The molecule has 0 aliphatic heterocycles. The first-order valence-corrected chi connectivity index (χ1v) is 3.28. The van der Waals surface area contributed by atoms with Crippen molar-refractivity contribution in [3.05, 3.63) is 24.3 Å². The van der Waals surface area contributed by atoms with Gasteiger partial charge in [-0.15, -0.1) is 0 Å². The molecule has 1 heteroatoms. The Bertz CT molecular complexity index is 181. The van der Waals surface area contributed by atoms with Crippen molar-refractivity contribution in [3.63, 3.8) is 0 Å². The van der Waals surface area contributed by atoms with Crippen LogP contribution < -0.4 is 0 Å². The van der Waals surface area contributed by atoms with Crippen molar-refractivity contribution >= 4 is 0 Å². The molecule has 1 nitrogen and oxygen atoms in total. The van der Waals surface area contributed by atoms with Gasteiger partial charge in [0.1, 0.15) is 0 Å². The van der Waals surface area contributed by atoms with Crippen molar-refractivity contribution in [2.45, 2.75) is 12.0 Å². The van der Waals surface area contributed by atoms with Crippen LogP contribution in [0.3, 0.4) is 0 Å². The van der Waals surface area contributed by atoms with Crippen LogP contribution in [0.1, 0.15) is 6.42 Å². The summed E-state index contributed by atoms with van der Waals surface area (Å²) in [5, 5.41) is 0. The summed E-state index contributed by atoms with van der Waals surface area (Å²) >= 11 is 0. The van der Waals surface area contributed by atoms with Gasteiger partial charge in [0.25, 0.3) is 0 Å². The molecule has 2 rings (SSSR count). The van der Waals surface area contributed by atoms with E-state index in [9.17, 15) is 0 Å². The van der Waals surface area contributed by atoms with E-state index in [2.05, 4.69) is 24.3 Å². The lowest BCUT2D eigenvalue weighted by atomic mass is 9.80. The van der Waals surface area contributed by atoms with Crippen LogP contribution in [0, 0.1) is 5.92 Å². The van der Waals surface area contributed by atoms with Crippen LogP contribution in [0.15, 0.2) is 24.3 Å². The first-order valence-electron chi connectivity index (χ1n) is 3.28. The lowest BCUT2D eigenvalue weighted by molar-refractivity contribution is 0.00503. The first kappa shape index (κ1) is 5.24. The third-order valence-corrected chi connectivity index (χ3v) is 2.31. The average Bonchev–Trinajstić information content (AvgIpc) is 2.10. The zero-order chi connectivity index (χ0) is 6.32. The Balaban J connectivity index is 2.26. The van der Waals surface area contributed by atoms with Crippen molar-refractivity contribution in [1.82, 2.24) is 0 Å². The van der Waals surface area contributed by atoms with Gasteiger partial charge in [0.05, 0.1) is 5.60 Å². The van der Waals surface area contributed by atoms with Gasteiger partial charge in [-0.05, 0) is 6.42 Å². The Kier molecular flexibility index (Phi) is 0.862. The van der Waals surface area contributed by atoms with E-state index >= 15 is 0 Å². The van der Waals surface area contributed by atoms with Crippen LogP contribution in [-0.4, -0.2) is 12.7 Å². The smallest absolute Gasteiger partial charge is 0.0989 e. The summed E-state index contributed by atoms with van der Waals surface area (Å²) in [5.74, 6) is 0.572. The maximum Gasteiger partial charge on any atom is 0.0989 e. The molecule has 1 unspecified atom stereocenters. The summed E-state index contributed by atoms with van der Waals surface area (Å²) in [6.07, 6.45) is 9.80. The fourth-order valence-corrected chi connectivity index (χ4v) is 1.54. The number of ether oxygens (including phenoxy) is 1. The van der Waals surface area contributed by atoms with Crippen LogP contribution in [0.2, 0.25) is 0 Å². The number of hydrogen-bond donors (Lipinski definition) is 0. The molecule has 9 heavy (non-hydrogen) atoms. The van der Waals surface area contributed by atoms with E-state index in [0.29, 0.717) is 5.92 Å². The predicted molar refractivity (Wildman–Crippen MR) is 36.1 cm³/mol. The van der Waals surface area contributed by atoms with Crippen LogP contribution in [-0.2, 0) is 4.74 Å². The third-order valence-electron chi connectivity index (χ3n) is 2.31. The number of rotatable bonds is 1. The summed E-state index contributed by atoms with van der Waals surface area (Å²) < 4.78 is 5.35. The maximum absolute atomic E-state index is 5.35. The molecule has 0 heterocycles. The van der Waals surface area contributed by atoms with E-state index in [-0.39, 0.29) is 5.60 Å². The molecule has 0 fully saturated rings. The predicted octanol–water partition coefficient (Wildman–Crippen LogP) is 1.52. The van der Waals surface area contributed by atoms with E-state index in [1.54, 1.807) is 7.11 Å². The lowest BCUT2D eigenvalue weighted by Crippen LogP contribution is -2.38. The van der Waals surface area contributed by atoms with E-state index in [1.807, 2.05) is 0 Å². The van der Waals surface area contributed by atoms with Crippen LogP contribution >= 0.6 is 0 Å². The fraction of sp³-hybridized carbons (Fsp3) is 0.500. The van der Waals surface area contributed by atoms with Gasteiger partial charge < -0.3 is 4.74 Å². The van der Waals surface area contributed by atoms with Crippen molar-refractivity contribution in [3.8, 4) is 0 Å². The van der Waals surface area contributed by atoms with Crippen molar-refractivity contribution in [2.24, 2.45) is 5.92 Å². The van der Waals surface area contributed by atoms with Gasteiger partial charge in [0.2, 0.25) is 0 Å². The molecule has 0 saturated carbocycles. The van der Waals surface area contributed by atoms with E-state index in [0.717, 1.165) is 6.42 Å². The van der Waals surface area contributed by atoms with Gasteiger partial charge in [0.15, 0.2) is 0 Å². The molecule has 2 atom stereocenters. The van der Waals surface area contributed by atoms with Gasteiger partial charge >= 0.3 is 0 Å². The van der Waals surface area contributed by atoms with Gasteiger partial charge in [0, 0.05) is 13.0 Å². The highest BCUT2D eigenvalue weighted by Crippen LogP contribution is 2.42. The molecule has 0 bridgehead atoms. The SMILES string of the molecule is CO[C@@]12C=CC1C=CC2. The normalized spacial score (nSPS) is 44.8. The zero-order valence-corrected chi connectivity index (χ0v) is 5.50. The van der Waals surface area contributed by atoms with E-state index in [4.69, 9.17) is 4.74 Å². The molecule has 2 aliphatic rings. The highest BCUT2D eigenvalue weighted by atomic mass is 16.5. The topological polar surface area (TPSA) is 9.23 Å². The van der Waals surface area contributed by atoms with Crippen LogP contribution in [0.4, 0.5) is 0 Å². The summed E-state index contributed by atoms with van der Waals surface area (Å²) in [6.45, 7) is 0. The molecule has 0 radical (unpaired) electrons. The monoisotopic (exact) mass is 122 g/mol. The Morgan fingerprint density at radius 1 is 1.56 bits per heavy atom. The minimum atomic E-state index is 0.0833. The van der Waals surface area contributed by atoms with Gasteiger partial charge in [-0.2, -0.15) is 0 Å². The summed E-state index contributed by atoms with van der Waals surface area (Å²) in [4.78, 5) is 0. The van der Waals surface area contributed by atoms with Crippen molar-refractivity contribution in [2.75, 3.05) is 7.11 Å². The number of methoxy groups -OCH3 is 1. The molecule has 0 aromatic heterocycles. The second-order valence-electron chi connectivity index (χ2n) is 2.68. The summed E-state index contributed by atoms with van der Waals surface area (Å²) in [6, 6.07) is 0. The Morgan fingerprint density at radius 2 is 2.44 bits per heavy atom. The molecule has 0 aromatic rings. The standard InChI is InChI=1S/C8H10O/c1-9-8-5-2-3-7(8)4-6-8/h2-4,6-7H,5H2,1H3/t7?,8-/m0/s1. The maximum atomic E-state index is 5.35. The van der Waals surface area contributed by atoms with Gasteiger partial charge in [-0.3, -0.25) is 0 Å². The third kappa shape index (κ3) is 0.479. The van der Waals surface area contributed by atoms with E-state index in [1.165, 1.54) is 0 Å². The second-order valence-corrected chi connectivity index (χ2v) is 2.68. The minimum absolute atomic E-state index is 0.0833. The lowest BCUT2D eigenvalue weighted by Gasteiger charge is -2.36. The van der Waals surface area contributed by atoms with Crippen LogP contribution in [0.5, 0.6) is 0 Å². The molecule has 0 N–H and O–H groups in total. The molecule has 0 amide bonds. The largest absolute Gasteiger partial charge is 0.373 e. The summed E-state index contributed by atoms with van der Waals surface area (Å²) in [5.41, 5.74) is 0.0833. The Hall–Kier alpha value is -0.560. The van der Waals surface area contributed by atoms with Gasteiger partial charge in [-0.1, -0.05) is 24.3 Å². The Labute approximate surface area is 55.0 Å². The number of fused-ring (bicyclic) bond motifs is 1. The van der Waals surface area contributed by atoms with Crippen molar-refractivity contribution < 1.29 is 4.74 Å². The molecule has 0 spiro atoms. The Morgan fingerprint density at radius 3 is 2.78 bits per heavy atom. The first-order chi connectivity index (χ1) is 4.37. The van der Waals surface area contributed by atoms with E-state index < -0.39 is 0 Å².